The lowest BCUT2D eigenvalue weighted by molar-refractivity contribution is -0.130. The molecule has 3 atom stereocenters. The molecule has 3 aromatic rings. The van der Waals surface area contributed by atoms with E-state index in [-0.39, 0.29) is 46.2 Å². The van der Waals surface area contributed by atoms with Gasteiger partial charge in [0.15, 0.2) is 0 Å². The third-order valence-corrected chi connectivity index (χ3v) is 9.02. The quantitative estimate of drug-likeness (QED) is 0.298. The average Bonchev–Trinajstić information content (AvgIpc) is 3.08. The number of hydrogen-bond acceptors (Lipinski definition) is 6. The molecule has 1 fully saturated rings. The molecule has 7 nitrogen and oxygen atoms in total. The van der Waals surface area contributed by atoms with Crippen molar-refractivity contribution in [1.82, 2.24) is 14.5 Å². The largest absolute Gasteiger partial charge is 0.379 e. The van der Waals surface area contributed by atoms with Gasteiger partial charge in [0.1, 0.15) is 17.5 Å². The molecule has 3 heterocycles. The Morgan fingerprint density at radius 1 is 1.13 bits per heavy atom. The third kappa shape index (κ3) is 4.81. The zero-order valence-electron chi connectivity index (χ0n) is 21.5. The average molecular weight is 595 g/mol. The van der Waals surface area contributed by atoms with Gasteiger partial charge in [-0.3, -0.25) is 9.36 Å². The summed E-state index contributed by atoms with van der Waals surface area (Å²) in [6, 6.07) is 3.24. The molecule has 2 aliphatic heterocycles. The lowest BCUT2D eigenvalue weighted by Crippen LogP contribution is -2.58. The molecule has 0 aliphatic carbocycles. The van der Waals surface area contributed by atoms with Crippen LogP contribution in [0.15, 0.2) is 40.5 Å². The van der Waals surface area contributed by atoms with Gasteiger partial charge in [-0.25, -0.2) is 13.6 Å². The number of rotatable bonds is 4. The van der Waals surface area contributed by atoms with Gasteiger partial charge in [-0.1, -0.05) is 29.8 Å². The molecule has 0 N–H and O–H groups in total. The zero-order chi connectivity index (χ0) is 28.2. The second-order valence-electron chi connectivity index (χ2n) is 9.75. The topological polar surface area (TPSA) is 67.7 Å². The molecule has 0 unspecified atom stereocenters. The molecule has 2 aromatic carbocycles. The summed E-state index contributed by atoms with van der Waals surface area (Å²) in [6.07, 6.45) is 0.975. The smallest absolute Gasteiger partial charge is 0.350 e. The summed E-state index contributed by atoms with van der Waals surface area (Å²) < 4.78 is 36.3. The molecule has 2 aliphatic rings. The standard InChI is InChI=1S/C27H26Cl2F2N4O3S/c1-5-22(36)35-13(2)9-33(10-14(35)3)26-17-7-19(29)23(16-6-18(28)21(31)8-20(16)30)25-24(17)34(27(37)32-26)11-15(38-4)12-39-25/h5-8,13-15H,1,9-12H2,2-4H3/t13-,14+,15-/m0/s1. The Bertz CT molecular complexity index is 1550. The van der Waals surface area contributed by atoms with Crippen LogP contribution < -0.4 is 10.6 Å². The minimum Gasteiger partial charge on any atom is -0.379 e. The zero-order valence-corrected chi connectivity index (χ0v) is 23.8. The lowest BCUT2D eigenvalue weighted by Gasteiger charge is -2.44. The number of carbonyl (C=O) groups excluding carboxylic acids is 1. The first kappa shape index (κ1) is 27.9. The fourth-order valence-electron chi connectivity index (χ4n) is 5.49. The summed E-state index contributed by atoms with van der Waals surface area (Å²) in [5.41, 5.74) is 0.402. The number of hydrogen-bond donors (Lipinski definition) is 0. The van der Waals surface area contributed by atoms with Crippen molar-refractivity contribution in [2.45, 2.75) is 43.5 Å². The molecule has 0 bridgehead atoms. The van der Waals surface area contributed by atoms with Gasteiger partial charge in [0.25, 0.3) is 0 Å². The normalized spacial score (nSPS) is 21.3. The second kappa shape index (κ2) is 10.7. The minimum absolute atomic E-state index is 0.0304. The lowest BCUT2D eigenvalue weighted by atomic mass is 10.0. The van der Waals surface area contributed by atoms with E-state index in [0.29, 0.717) is 46.0 Å². The summed E-state index contributed by atoms with van der Waals surface area (Å²) in [5, 5.41) is 0.572. The first-order valence-electron chi connectivity index (χ1n) is 12.3. The molecule has 39 heavy (non-hydrogen) atoms. The maximum absolute atomic E-state index is 15.1. The number of nitrogens with zero attached hydrogens (tertiary/aromatic N) is 4. The molecule has 0 radical (unpaired) electrons. The molecule has 1 saturated heterocycles. The number of ether oxygens (including phenoxy) is 1. The fraction of sp³-hybridized carbons (Fsp3) is 0.370. The van der Waals surface area contributed by atoms with Gasteiger partial charge >= 0.3 is 5.69 Å². The van der Waals surface area contributed by atoms with E-state index in [1.54, 1.807) is 18.1 Å². The van der Waals surface area contributed by atoms with Crippen LogP contribution in [0.25, 0.3) is 22.0 Å². The Hall–Kier alpha value is -2.66. The first-order chi connectivity index (χ1) is 18.5. The number of anilines is 1. The van der Waals surface area contributed by atoms with Crippen LogP contribution in [0.4, 0.5) is 14.6 Å². The van der Waals surface area contributed by atoms with Crippen molar-refractivity contribution in [3.05, 3.63) is 63.0 Å². The molecule has 0 saturated carbocycles. The van der Waals surface area contributed by atoms with Gasteiger partial charge in [0.05, 0.1) is 28.2 Å². The maximum atomic E-state index is 15.1. The molecule has 5 rings (SSSR count). The Labute approximate surface area is 238 Å². The molecule has 12 heteroatoms. The van der Waals surface area contributed by atoms with Crippen LogP contribution in [0.1, 0.15) is 13.8 Å². The van der Waals surface area contributed by atoms with Gasteiger partial charge in [0, 0.05) is 65.5 Å². The number of halogens is 4. The predicted octanol–water partition coefficient (Wildman–Crippen LogP) is 5.38. The van der Waals surface area contributed by atoms with Crippen LogP contribution in [-0.4, -0.2) is 64.5 Å². The van der Waals surface area contributed by atoms with Crippen molar-refractivity contribution in [1.29, 1.82) is 0 Å². The molecular weight excluding hydrogens is 569 g/mol. The van der Waals surface area contributed by atoms with Crippen molar-refractivity contribution < 1.29 is 18.3 Å². The van der Waals surface area contributed by atoms with Crippen molar-refractivity contribution in [2.75, 3.05) is 30.9 Å². The Morgan fingerprint density at radius 2 is 1.82 bits per heavy atom. The Balaban J connectivity index is 1.76. The van der Waals surface area contributed by atoms with Crippen molar-refractivity contribution in [3.63, 3.8) is 0 Å². The van der Waals surface area contributed by atoms with Crippen LogP contribution >= 0.6 is 35.0 Å². The first-order valence-corrected chi connectivity index (χ1v) is 14.1. The van der Waals surface area contributed by atoms with E-state index in [2.05, 4.69) is 11.6 Å². The number of piperazine rings is 1. The van der Waals surface area contributed by atoms with Crippen LogP contribution in [0.2, 0.25) is 10.0 Å². The predicted molar refractivity (Wildman–Crippen MR) is 151 cm³/mol. The number of carbonyl (C=O) groups is 1. The molecule has 1 amide bonds. The molecule has 1 aromatic heterocycles. The molecule has 0 spiro atoms. The highest BCUT2D eigenvalue weighted by molar-refractivity contribution is 7.99. The summed E-state index contributed by atoms with van der Waals surface area (Å²) in [5.74, 6) is -0.974. The summed E-state index contributed by atoms with van der Waals surface area (Å²) >= 11 is 14.2. The summed E-state index contributed by atoms with van der Waals surface area (Å²) in [4.78, 5) is 34.7. The van der Waals surface area contributed by atoms with Crippen LogP contribution in [0.5, 0.6) is 0 Å². The van der Waals surface area contributed by atoms with E-state index < -0.39 is 17.3 Å². The highest BCUT2D eigenvalue weighted by atomic mass is 35.5. The van der Waals surface area contributed by atoms with Gasteiger partial charge in [0.2, 0.25) is 5.91 Å². The van der Waals surface area contributed by atoms with E-state index >= 15 is 4.39 Å². The van der Waals surface area contributed by atoms with E-state index in [1.165, 1.54) is 28.5 Å². The number of benzene rings is 2. The monoisotopic (exact) mass is 594 g/mol. The highest BCUT2D eigenvalue weighted by Gasteiger charge is 2.35. The van der Waals surface area contributed by atoms with Crippen LogP contribution in [-0.2, 0) is 16.1 Å². The summed E-state index contributed by atoms with van der Waals surface area (Å²) in [7, 11) is 1.56. The van der Waals surface area contributed by atoms with E-state index in [0.717, 1.165) is 6.07 Å². The summed E-state index contributed by atoms with van der Waals surface area (Å²) in [6.45, 7) is 8.56. The number of aromatic nitrogens is 2. The maximum Gasteiger partial charge on any atom is 0.350 e. The van der Waals surface area contributed by atoms with E-state index in [1.807, 2.05) is 18.7 Å². The van der Waals surface area contributed by atoms with Crippen molar-refractivity contribution >= 4 is 57.6 Å². The second-order valence-corrected chi connectivity index (χ2v) is 11.6. The Morgan fingerprint density at radius 3 is 2.46 bits per heavy atom. The van der Waals surface area contributed by atoms with Gasteiger partial charge in [-0.2, -0.15) is 4.98 Å². The van der Waals surface area contributed by atoms with Crippen molar-refractivity contribution in [2.24, 2.45) is 0 Å². The van der Waals surface area contributed by atoms with Gasteiger partial charge in [-0.15, -0.1) is 11.8 Å². The minimum atomic E-state index is -0.881. The van der Waals surface area contributed by atoms with Gasteiger partial charge < -0.3 is 14.5 Å². The van der Waals surface area contributed by atoms with Crippen molar-refractivity contribution in [3.8, 4) is 11.1 Å². The number of amides is 1. The Kier molecular flexibility index (Phi) is 7.67. The van der Waals surface area contributed by atoms with Gasteiger partial charge in [-0.05, 0) is 32.1 Å². The molecule has 206 valence electrons. The van der Waals surface area contributed by atoms with E-state index in [9.17, 15) is 14.0 Å². The molecular formula is C27H26Cl2F2N4O3S. The fourth-order valence-corrected chi connectivity index (χ4v) is 7.33. The number of thioether (sulfide) groups is 1. The third-order valence-electron chi connectivity index (χ3n) is 7.21. The number of methoxy groups -OCH3 is 1. The SMILES string of the molecule is C=CC(=O)N1[C@H](C)CN(c2nc(=O)n3c4c(c(-c5cc(Cl)c(F)cc5F)c(Cl)cc24)SC[C@@H](OC)C3)C[C@@H]1C. The van der Waals surface area contributed by atoms with Crippen LogP contribution in [0.3, 0.4) is 0 Å². The highest BCUT2D eigenvalue weighted by Crippen LogP contribution is 2.46. The van der Waals surface area contributed by atoms with Crippen LogP contribution in [0, 0.1) is 11.6 Å². The van der Waals surface area contributed by atoms with E-state index in [4.69, 9.17) is 27.9 Å².